The minimum Gasteiger partial charge on any atom is -0.380 e. The molecule has 8 heteroatoms. The fraction of sp³-hybridized carbons (Fsp3) is 0.286. The number of benzene rings is 2. The second kappa shape index (κ2) is 10.6. The van der Waals surface area contributed by atoms with Gasteiger partial charge in [0.25, 0.3) is 11.8 Å². The summed E-state index contributed by atoms with van der Waals surface area (Å²) in [4.78, 5) is 27.6. The maximum Gasteiger partial charge on any atom is 0.259 e. The first-order chi connectivity index (χ1) is 13.9. The van der Waals surface area contributed by atoms with Crippen LogP contribution in [-0.4, -0.2) is 58.6 Å². The lowest BCUT2D eigenvalue weighted by molar-refractivity contribution is -0.150. The van der Waals surface area contributed by atoms with Crippen LogP contribution >= 0.6 is 11.6 Å². The smallest absolute Gasteiger partial charge is 0.259 e. The molecule has 0 aromatic heterocycles. The van der Waals surface area contributed by atoms with Crippen molar-refractivity contribution in [2.24, 2.45) is 0 Å². The van der Waals surface area contributed by atoms with Gasteiger partial charge in [0.1, 0.15) is 0 Å². The summed E-state index contributed by atoms with van der Waals surface area (Å²) in [5.74, 6) is -1.48. The zero-order chi connectivity index (χ0) is 21.4. The lowest BCUT2D eigenvalue weighted by Crippen LogP contribution is -2.51. The average molecular weight is 416 g/mol. The van der Waals surface area contributed by atoms with E-state index in [2.05, 4.69) is 0 Å². The predicted octanol–water partition coefficient (Wildman–Crippen LogP) is 1.51. The molecule has 2 N–H and O–H groups in total. The number of nitrogens with zero attached hydrogens (tertiary/aromatic N) is 3. The van der Waals surface area contributed by atoms with Crippen LogP contribution in [0.4, 0.5) is 5.69 Å². The minimum atomic E-state index is -1.96. The summed E-state index contributed by atoms with van der Waals surface area (Å²) >= 11 is 5.60. The monoisotopic (exact) mass is 415 g/mol. The molecule has 0 aliphatic rings. The third-order valence-electron chi connectivity index (χ3n) is 4.36. The van der Waals surface area contributed by atoms with E-state index < -0.39 is 24.0 Å². The predicted molar refractivity (Wildman–Crippen MR) is 109 cm³/mol. The van der Waals surface area contributed by atoms with Gasteiger partial charge in [-0.2, -0.15) is 5.26 Å². The van der Waals surface area contributed by atoms with E-state index in [-0.39, 0.29) is 19.0 Å². The fourth-order valence-corrected chi connectivity index (χ4v) is 2.92. The fourth-order valence-electron chi connectivity index (χ4n) is 2.67. The molecule has 0 aliphatic heterocycles. The second-order valence-corrected chi connectivity index (χ2v) is 6.79. The second-order valence-electron chi connectivity index (χ2n) is 6.41. The van der Waals surface area contributed by atoms with Crippen LogP contribution in [0.2, 0.25) is 0 Å². The van der Waals surface area contributed by atoms with E-state index in [1.807, 2.05) is 36.4 Å². The summed E-state index contributed by atoms with van der Waals surface area (Å²) in [6.45, 7) is 0.281. The Bertz CT molecular complexity index is 868. The maximum absolute atomic E-state index is 13.0. The maximum atomic E-state index is 13.0. The number of hydrogen-bond acceptors (Lipinski definition) is 5. The molecule has 2 amide bonds. The SMILES string of the molecule is CN(CCCl)C(=O)[C@H](O)[C@@H](O)C(=O)N(Cc1ccccc1)c1ccc(C#N)cc1. The number of rotatable bonds is 8. The first kappa shape index (κ1) is 22.4. The van der Waals surface area contributed by atoms with Crippen LogP contribution < -0.4 is 4.90 Å². The van der Waals surface area contributed by atoms with Crippen LogP contribution in [0.1, 0.15) is 11.1 Å². The third kappa shape index (κ3) is 5.78. The summed E-state index contributed by atoms with van der Waals surface area (Å²) in [7, 11) is 1.42. The number of nitriles is 1. The Hall–Kier alpha value is -2.92. The molecule has 29 heavy (non-hydrogen) atoms. The van der Waals surface area contributed by atoms with Gasteiger partial charge in [-0.15, -0.1) is 11.6 Å². The van der Waals surface area contributed by atoms with Crippen molar-refractivity contribution in [2.75, 3.05) is 24.4 Å². The number of carbonyl (C=O) groups excluding carboxylic acids is 2. The third-order valence-corrected chi connectivity index (χ3v) is 4.53. The molecule has 0 radical (unpaired) electrons. The zero-order valence-electron chi connectivity index (χ0n) is 15.9. The standard InChI is InChI=1S/C21H22ClN3O4/c1-24(12-11-22)20(28)18(26)19(27)21(29)25(14-16-5-3-2-4-6-16)17-9-7-15(13-23)8-10-17/h2-10,18-19,26-27H,11-12,14H2,1H3/t18-,19-/m1/s1. The van der Waals surface area contributed by atoms with Crippen molar-refractivity contribution in [1.29, 1.82) is 5.26 Å². The van der Waals surface area contributed by atoms with Crippen LogP contribution in [0.3, 0.4) is 0 Å². The summed E-state index contributed by atoms with van der Waals surface area (Å²) in [6, 6.07) is 17.3. The van der Waals surface area contributed by atoms with Gasteiger partial charge in [0.2, 0.25) is 0 Å². The Kier molecular flexibility index (Phi) is 8.16. The Balaban J connectivity index is 2.29. The summed E-state index contributed by atoms with van der Waals surface area (Å²) < 4.78 is 0. The Morgan fingerprint density at radius 3 is 2.17 bits per heavy atom. The highest BCUT2D eigenvalue weighted by atomic mass is 35.5. The molecule has 0 saturated heterocycles. The van der Waals surface area contributed by atoms with Gasteiger partial charge in [-0.25, -0.2) is 0 Å². The van der Waals surface area contributed by atoms with E-state index >= 15 is 0 Å². The molecule has 0 heterocycles. The summed E-state index contributed by atoms with van der Waals surface area (Å²) in [6.07, 6.45) is -3.88. The van der Waals surface area contributed by atoms with Gasteiger partial charge >= 0.3 is 0 Å². The summed E-state index contributed by atoms with van der Waals surface area (Å²) in [5.41, 5.74) is 1.63. The lowest BCUT2D eigenvalue weighted by atomic mass is 10.1. The number of alkyl halides is 1. The van der Waals surface area contributed by atoms with Crippen LogP contribution in [0.15, 0.2) is 54.6 Å². The molecule has 0 unspecified atom stereocenters. The average Bonchev–Trinajstić information content (AvgIpc) is 2.76. The van der Waals surface area contributed by atoms with Crippen molar-refractivity contribution in [1.82, 2.24) is 4.90 Å². The highest BCUT2D eigenvalue weighted by molar-refractivity contribution is 6.18. The van der Waals surface area contributed by atoms with Crippen LogP contribution in [0.5, 0.6) is 0 Å². The Morgan fingerprint density at radius 2 is 1.62 bits per heavy atom. The lowest BCUT2D eigenvalue weighted by Gasteiger charge is -2.28. The molecule has 2 atom stereocenters. The van der Waals surface area contributed by atoms with Gasteiger partial charge in [0.15, 0.2) is 12.2 Å². The first-order valence-corrected chi connectivity index (χ1v) is 9.45. The van der Waals surface area contributed by atoms with Gasteiger partial charge in [-0.05, 0) is 29.8 Å². The summed E-state index contributed by atoms with van der Waals surface area (Å²) in [5, 5.41) is 29.6. The normalized spacial score (nSPS) is 12.5. The molecule has 0 spiro atoms. The number of carbonyl (C=O) groups is 2. The minimum absolute atomic E-state index is 0.112. The van der Waals surface area contributed by atoms with Gasteiger partial charge in [0, 0.05) is 25.2 Å². The van der Waals surface area contributed by atoms with Gasteiger partial charge in [-0.1, -0.05) is 30.3 Å². The molecule has 2 aromatic rings. The zero-order valence-corrected chi connectivity index (χ0v) is 16.7. The highest BCUT2D eigenvalue weighted by Gasteiger charge is 2.35. The van der Waals surface area contributed by atoms with Crippen LogP contribution in [0.25, 0.3) is 0 Å². The molecule has 2 aromatic carbocycles. The van der Waals surface area contributed by atoms with Crippen molar-refractivity contribution in [3.05, 3.63) is 65.7 Å². The van der Waals surface area contributed by atoms with Crippen molar-refractivity contribution in [3.63, 3.8) is 0 Å². The topological polar surface area (TPSA) is 105 Å². The van der Waals surface area contributed by atoms with Gasteiger partial charge < -0.3 is 20.0 Å². The molecule has 152 valence electrons. The largest absolute Gasteiger partial charge is 0.380 e. The van der Waals surface area contributed by atoms with Crippen LogP contribution in [-0.2, 0) is 16.1 Å². The van der Waals surface area contributed by atoms with Crippen molar-refractivity contribution in [2.45, 2.75) is 18.8 Å². The van der Waals surface area contributed by atoms with E-state index in [0.29, 0.717) is 11.3 Å². The van der Waals surface area contributed by atoms with E-state index in [4.69, 9.17) is 16.9 Å². The molecule has 2 rings (SSSR count). The van der Waals surface area contributed by atoms with Gasteiger partial charge in [0.05, 0.1) is 18.2 Å². The van der Waals surface area contributed by atoms with Gasteiger partial charge in [-0.3, -0.25) is 9.59 Å². The number of likely N-dealkylation sites (N-methyl/N-ethyl adjacent to an activating group) is 1. The molecule has 0 fully saturated rings. The van der Waals surface area contributed by atoms with Crippen molar-refractivity contribution in [3.8, 4) is 6.07 Å². The molecular formula is C21H22ClN3O4. The van der Waals surface area contributed by atoms with Crippen molar-refractivity contribution < 1.29 is 19.8 Å². The highest BCUT2D eigenvalue weighted by Crippen LogP contribution is 2.20. The number of anilines is 1. The molecule has 7 nitrogen and oxygen atoms in total. The number of amides is 2. The van der Waals surface area contributed by atoms with E-state index in [1.54, 1.807) is 24.3 Å². The van der Waals surface area contributed by atoms with Crippen molar-refractivity contribution >= 4 is 29.1 Å². The number of aliphatic hydroxyl groups excluding tert-OH is 2. The number of aliphatic hydroxyl groups is 2. The van der Waals surface area contributed by atoms with E-state index in [9.17, 15) is 19.8 Å². The molecular weight excluding hydrogens is 394 g/mol. The van der Waals surface area contributed by atoms with E-state index in [0.717, 1.165) is 10.5 Å². The molecule has 0 saturated carbocycles. The Morgan fingerprint density at radius 1 is 1.03 bits per heavy atom. The van der Waals surface area contributed by atoms with Crippen LogP contribution in [0, 0.1) is 11.3 Å². The quantitative estimate of drug-likeness (QED) is 0.636. The molecule has 0 bridgehead atoms. The molecule has 0 aliphatic carbocycles. The van der Waals surface area contributed by atoms with E-state index in [1.165, 1.54) is 11.9 Å². The first-order valence-electron chi connectivity index (χ1n) is 8.91. The Labute approximate surface area is 174 Å². The number of hydrogen-bond donors (Lipinski definition) is 2. The number of halogens is 1.